The first-order valence-corrected chi connectivity index (χ1v) is 8.10. The van der Waals surface area contributed by atoms with E-state index in [1.165, 1.54) is 23.5 Å². The van der Waals surface area contributed by atoms with Gasteiger partial charge in [0, 0.05) is 18.4 Å². The zero-order valence-electron chi connectivity index (χ0n) is 11.3. The average Bonchev–Trinajstić information content (AvgIpc) is 2.96. The third-order valence-corrected chi connectivity index (χ3v) is 5.37. The quantitative estimate of drug-likeness (QED) is 0.622. The second-order valence-corrected chi connectivity index (χ2v) is 6.74. The number of thioether (sulfide) groups is 2. The van der Waals surface area contributed by atoms with Crippen LogP contribution in [-0.2, 0) is 9.59 Å². The number of anilines is 1. The number of carbonyl (C=O) groups is 2. The van der Waals surface area contributed by atoms with Crippen LogP contribution in [0.1, 0.15) is 5.56 Å². The molecule has 0 radical (unpaired) electrons. The Morgan fingerprint density at radius 2 is 2.14 bits per heavy atom. The van der Waals surface area contributed by atoms with Gasteiger partial charge >= 0.3 is 0 Å². The molecular formula is C15H12N2O2S2. The van der Waals surface area contributed by atoms with E-state index in [0.29, 0.717) is 20.6 Å². The molecule has 21 heavy (non-hydrogen) atoms. The number of likely N-dealkylation sites (N-methyl/N-ethyl adjacent to an activating group) is 1. The van der Waals surface area contributed by atoms with Crippen LogP contribution < -0.4 is 4.90 Å². The molecular weight excluding hydrogens is 304 g/mol. The summed E-state index contributed by atoms with van der Waals surface area (Å²) >= 11 is 2.72. The summed E-state index contributed by atoms with van der Waals surface area (Å²) in [4.78, 5) is 30.6. The summed E-state index contributed by atoms with van der Waals surface area (Å²) < 4.78 is 0.669. The molecule has 2 aliphatic rings. The molecule has 6 heteroatoms. The largest absolute Gasteiger partial charge is 0.311 e. The van der Waals surface area contributed by atoms with Gasteiger partial charge in [0.15, 0.2) is 0 Å². The van der Waals surface area contributed by atoms with Crippen LogP contribution in [0.25, 0.3) is 5.57 Å². The van der Waals surface area contributed by atoms with E-state index < -0.39 is 0 Å². The minimum atomic E-state index is -0.333. The van der Waals surface area contributed by atoms with E-state index in [1.54, 1.807) is 18.0 Å². The highest BCUT2D eigenvalue weighted by Gasteiger charge is 2.36. The highest BCUT2D eigenvalue weighted by Crippen LogP contribution is 2.43. The van der Waals surface area contributed by atoms with Crippen molar-refractivity contribution >= 4 is 51.0 Å². The Labute approximate surface area is 131 Å². The van der Waals surface area contributed by atoms with Gasteiger partial charge in [0.1, 0.15) is 4.38 Å². The van der Waals surface area contributed by atoms with Crippen molar-refractivity contribution < 1.29 is 9.59 Å². The van der Waals surface area contributed by atoms with Gasteiger partial charge in [-0.2, -0.15) is 4.99 Å². The summed E-state index contributed by atoms with van der Waals surface area (Å²) in [6.07, 6.45) is 1.76. The number of nitrogens with zero attached hydrogens (tertiary/aromatic N) is 2. The molecule has 1 aromatic carbocycles. The van der Waals surface area contributed by atoms with Crippen molar-refractivity contribution in [1.82, 2.24) is 0 Å². The first kappa shape index (κ1) is 14.2. The maximum atomic E-state index is 12.4. The molecule has 106 valence electrons. The fourth-order valence-corrected chi connectivity index (χ4v) is 4.06. The summed E-state index contributed by atoms with van der Waals surface area (Å²) in [7, 11) is 1.72. The van der Waals surface area contributed by atoms with Crippen molar-refractivity contribution in [3.05, 3.63) is 47.4 Å². The number of hydrogen-bond donors (Lipinski definition) is 0. The number of fused-ring (bicyclic) bond motifs is 1. The lowest BCUT2D eigenvalue weighted by Gasteiger charge is -2.08. The molecule has 3 rings (SSSR count). The van der Waals surface area contributed by atoms with Gasteiger partial charge < -0.3 is 4.90 Å². The zero-order valence-corrected chi connectivity index (χ0v) is 13.0. The van der Waals surface area contributed by atoms with Gasteiger partial charge in [-0.05, 0) is 6.07 Å². The number of hydrogen-bond acceptors (Lipinski definition) is 4. The van der Waals surface area contributed by atoms with Crippen molar-refractivity contribution in [1.29, 1.82) is 0 Å². The van der Waals surface area contributed by atoms with Crippen molar-refractivity contribution in [3.8, 4) is 0 Å². The Bertz CT molecular complexity index is 722. The van der Waals surface area contributed by atoms with Crippen molar-refractivity contribution in [2.24, 2.45) is 4.99 Å². The van der Waals surface area contributed by atoms with E-state index in [9.17, 15) is 9.59 Å². The Morgan fingerprint density at radius 1 is 1.38 bits per heavy atom. The second kappa shape index (κ2) is 5.54. The van der Waals surface area contributed by atoms with E-state index in [4.69, 9.17) is 0 Å². The van der Waals surface area contributed by atoms with E-state index in [0.717, 1.165) is 11.3 Å². The maximum absolute atomic E-state index is 12.4. The molecule has 2 heterocycles. The SMILES string of the molecule is C=CCSC1=NC(=O)C(=C2C(=O)N(C)c3ccccc32)S1. The van der Waals surface area contributed by atoms with Gasteiger partial charge in [-0.3, -0.25) is 9.59 Å². The van der Waals surface area contributed by atoms with E-state index in [-0.39, 0.29) is 11.8 Å². The molecule has 0 spiro atoms. The highest BCUT2D eigenvalue weighted by molar-refractivity contribution is 8.41. The first-order chi connectivity index (χ1) is 10.1. The normalized spacial score (nSPS) is 20.8. The first-order valence-electron chi connectivity index (χ1n) is 6.29. The fraction of sp³-hybridized carbons (Fsp3) is 0.133. The topological polar surface area (TPSA) is 49.7 Å². The smallest absolute Gasteiger partial charge is 0.286 e. The predicted molar refractivity (Wildman–Crippen MR) is 89.5 cm³/mol. The molecule has 0 fully saturated rings. The van der Waals surface area contributed by atoms with Crippen molar-refractivity contribution in [3.63, 3.8) is 0 Å². The molecule has 4 nitrogen and oxygen atoms in total. The molecule has 0 aromatic heterocycles. The lowest BCUT2D eigenvalue weighted by atomic mass is 10.1. The molecule has 2 amide bonds. The molecule has 0 unspecified atom stereocenters. The maximum Gasteiger partial charge on any atom is 0.286 e. The number of carbonyl (C=O) groups excluding carboxylic acids is 2. The van der Waals surface area contributed by atoms with Crippen LogP contribution in [0.2, 0.25) is 0 Å². The lowest BCUT2D eigenvalue weighted by molar-refractivity contribution is -0.115. The van der Waals surface area contributed by atoms with Crippen LogP contribution in [-0.4, -0.2) is 29.0 Å². The van der Waals surface area contributed by atoms with E-state index >= 15 is 0 Å². The van der Waals surface area contributed by atoms with Gasteiger partial charge in [0.05, 0.1) is 16.2 Å². The van der Waals surface area contributed by atoms with Gasteiger partial charge in [-0.1, -0.05) is 47.8 Å². The summed E-state index contributed by atoms with van der Waals surface area (Å²) in [5.41, 5.74) is 2.08. The Kier molecular flexibility index (Phi) is 3.73. The molecule has 0 saturated heterocycles. The molecule has 2 aliphatic heterocycles. The second-order valence-electron chi connectivity index (χ2n) is 4.47. The molecule has 0 saturated carbocycles. The van der Waals surface area contributed by atoms with Crippen molar-refractivity contribution in [2.75, 3.05) is 17.7 Å². The third-order valence-electron chi connectivity index (χ3n) is 3.18. The van der Waals surface area contributed by atoms with Crippen LogP contribution in [0.5, 0.6) is 0 Å². The predicted octanol–water partition coefficient (Wildman–Crippen LogP) is 2.92. The van der Waals surface area contributed by atoms with Crippen LogP contribution >= 0.6 is 23.5 Å². The van der Waals surface area contributed by atoms with E-state index in [1.807, 2.05) is 24.3 Å². The Hall–Kier alpha value is -1.79. The Morgan fingerprint density at radius 3 is 2.90 bits per heavy atom. The summed E-state index contributed by atoms with van der Waals surface area (Å²) in [6.45, 7) is 3.65. The van der Waals surface area contributed by atoms with Gasteiger partial charge in [0.2, 0.25) is 0 Å². The average molecular weight is 316 g/mol. The molecule has 0 atom stereocenters. The van der Waals surface area contributed by atoms with Crippen LogP contribution in [0, 0.1) is 0 Å². The van der Waals surface area contributed by atoms with Gasteiger partial charge in [-0.15, -0.1) is 6.58 Å². The molecule has 0 aliphatic carbocycles. The minimum Gasteiger partial charge on any atom is -0.311 e. The third kappa shape index (κ3) is 2.34. The van der Waals surface area contributed by atoms with Crippen LogP contribution in [0.15, 0.2) is 46.8 Å². The standard InChI is InChI=1S/C15H12N2O2S2/c1-3-8-20-15-16-13(18)12(21-15)11-9-6-4-5-7-10(9)17(2)14(11)19/h3-7H,1,8H2,2H3. The molecule has 1 aromatic rings. The Balaban J connectivity index is 2.03. The number of benzene rings is 1. The van der Waals surface area contributed by atoms with Gasteiger partial charge in [-0.25, -0.2) is 0 Å². The monoisotopic (exact) mass is 316 g/mol. The van der Waals surface area contributed by atoms with Crippen LogP contribution in [0.4, 0.5) is 5.69 Å². The fourth-order valence-electron chi connectivity index (χ4n) is 2.23. The zero-order chi connectivity index (χ0) is 15.0. The van der Waals surface area contributed by atoms with Crippen molar-refractivity contribution in [2.45, 2.75) is 0 Å². The lowest BCUT2D eigenvalue weighted by Crippen LogP contribution is -2.21. The van der Waals surface area contributed by atoms with Crippen LogP contribution in [0.3, 0.4) is 0 Å². The number of para-hydroxylation sites is 1. The molecule has 0 N–H and O–H groups in total. The number of aliphatic imine (C=N–C) groups is 1. The molecule has 0 bridgehead atoms. The minimum absolute atomic E-state index is 0.155. The van der Waals surface area contributed by atoms with Gasteiger partial charge in [0.25, 0.3) is 11.8 Å². The number of amides is 2. The van der Waals surface area contributed by atoms with E-state index in [2.05, 4.69) is 11.6 Å². The summed E-state index contributed by atoms with van der Waals surface area (Å²) in [5, 5.41) is 0. The summed E-state index contributed by atoms with van der Waals surface area (Å²) in [6, 6.07) is 7.48. The number of rotatable bonds is 2. The highest BCUT2D eigenvalue weighted by atomic mass is 32.2. The summed E-state index contributed by atoms with van der Waals surface area (Å²) in [5.74, 6) is 0.198.